The minimum Gasteiger partial charge on any atom is -0.497 e. The summed E-state index contributed by atoms with van der Waals surface area (Å²) in [6.45, 7) is -0.568. The third kappa shape index (κ3) is 4.88. The monoisotopic (exact) mass is 373 g/mol. The van der Waals surface area contributed by atoms with Crippen molar-refractivity contribution < 1.29 is 33.5 Å². The Morgan fingerprint density at radius 2 is 1.52 bits per heavy atom. The number of non-ortho nitro benzene ring substituents is 1. The second kappa shape index (κ2) is 8.56. The maximum Gasteiger partial charge on any atom is 0.338 e. The van der Waals surface area contributed by atoms with Gasteiger partial charge in [0.15, 0.2) is 12.4 Å². The van der Waals surface area contributed by atoms with Gasteiger partial charge in [0.05, 0.1) is 30.3 Å². The summed E-state index contributed by atoms with van der Waals surface area (Å²) in [6.07, 6.45) is 0. The molecule has 140 valence electrons. The zero-order chi connectivity index (χ0) is 20.0. The van der Waals surface area contributed by atoms with Crippen LogP contribution in [0.25, 0.3) is 0 Å². The number of hydrogen-bond donors (Lipinski definition) is 0. The zero-order valence-electron chi connectivity index (χ0n) is 14.5. The summed E-state index contributed by atoms with van der Waals surface area (Å²) in [5.41, 5.74) is -0.600. The van der Waals surface area contributed by atoms with E-state index in [0.717, 1.165) is 25.3 Å². The molecule has 0 aliphatic heterocycles. The molecule has 0 aliphatic rings. The van der Waals surface area contributed by atoms with E-state index in [4.69, 9.17) is 9.47 Å². The Balaban J connectivity index is 2.14. The molecule has 2 aromatic carbocycles. The molecule has 2 rings (SSSR count). The molecular formula is C18H15NO8. The zero-order valence-corrected chi connectivity index (χ0v) is 14.5. The van der Waals surface area contributed by atoms with Gasteiger partial charge in [0.2, 0.25) is 0 Å². The number of carbonyl (C=O) groups excluding carboxylic acids is 3. The minimum atomic E-state index is -0.981. The second-order valence-electron chi connectivity index (χ2n) is 5.25. The highest BCUT2D eigenvalue weighted by Gasteiger charge is 2.20. The summed E-state index contributed by atoms with van der Waals surface area (Å²) in [6, 6.07) is 9.21. The lowest BCUT2D eigenvalue weighted by atomic mass is 10.1. The molecule has 9 heteroatoms. The maximum atomic E-state index is 12.1. The van der Waals surface area contributed by atoms with E-state index >= 15 is 0 Å². The first-order chi connectivity index (χ1) is 12.8. The standard InChI is InChI=1S/C18H15NO8/c1-25-15-5-3-11(4-6-15)16(20)10-27-18(22)13-7-12(17(21)26-2)8-14(9-13)19(23)24/h3-9H,10H2,1-2H3. The second-order valence-corrected chi connectivity index (χ2v) is 5.25. The predicted octanol–water partition coefficient (Wildman–Crippen LogP) is 2.43. The molecule has 0 saturated heterocycles. The van der Waals surface area contributed by atoms with Crippen molar-refractivity contribution in [2.24, 2.45) is 0 Å². The molecule has 0 aromatic heterocycles. The van der Waals surface area contributed by atoms with Crippen LogP contribution in [0.5, 0.6) is 5.75 Å². The molecular weight excluding hydrogens is 358 g/mol. The average molecular weight is 373 g/mol. The van der Waals surface area contributed by atoms with Crippen LogP contribution in [0, 0.1) is 10.1 Å². The molecule has 0 fully saturated rings. The van der Waals surface area contributed by atoms with Crippen LogP contribution in [0.3, 0.4) is 0 Å². The highest BCUT2D eigenvalue weighted by atomic mass is 16.6. The van der Waals surface area contributed by atoms with Gasteiger partial charge in [-0.25, -0.2) is 9.59 Å². The van der Waals surface area contributed by atoms with Gasteiger partial charge >= 0.3 is 11.9 Å². The first-order valence-corrected chi connectivity index (χ1v) is 7.58. The number of methoxy groups -OCH3 is 2. The van der Waals surface area contributed by atoms with E-state index in [0.29, 0.717) is 11.3 Å². The summed E-state index contributed by atoms with van der Waals surface area (Å²) in [5, 5.41) is 11.0. The molecule has 0 radical (unpaired) electrons. The first-order valence-electron chi connectivity index (χ1n) is 7.58. The number of benzene rings is 2. The number of carbonyl (C=O) groups is 3. The lowest BCUT2D eigenvalue weighted by molar-refractivity contribution is -0.384. The molecule has 27 heavy (non-hydrogen) atoms. The Kier molecular flexibility index (Phi) is 6.21. The van der Waals surface area contributed by atoms with Gasteiger partial charge in [-0.05, 0) is 30.3 Å². The maximum absolute atomic E-state index is 12.1. The van der Waals surface area contributed by atoms with E-state index in [9.17, 15) is 24.5 Å². The topological polar surface area (TPSA) is 122 Å². The van der Waals surface area contributed by atoms with Crippen LogP contribution >= 0.6 is 0 Å². The van der Waals surface area contributed by atoms with Crippen LogP contribution in [-0.4, -0.2) is 43.5 Å². The molecule has 0 spiro atoms. The van der Waals surface area contributed by atoms with Gasteiger partial charge in [0.1, 0.15) is 5.75 Å². The minimum absolute atomic E-state index is 0.180. The fourth-order valence-electron chi connectivity index (χ4n) is 2.14. The van der Waals surface area contributed by atoms with Crippen molar-refractivity contribution in [3.63, 3.8) is 0 Å². The van der Waals surface area contributed by atoms with E-state index < -0.39 is 34.9 Å². The van der Waals surface area contributed by atoms with Gasteiger partial charge < -0.3 is 14.2 Å². The molecule has 2 aromatic rings. The lowest BCUT2D eigenvalue weighted by Gasteiger charge is -2.07. The Morgan fingerprint density at radius 1 is 0.926 bits per heavy atom. The molecule has 0 saturated carbocycles. The number of nitro groups is 1. The highest BCUT2D eigenvalue weighted by molar-refractivity contribution is 6.00. The van der Waals surface area contributed by atoms with Crippen molar-refractivity contribution in [3.05, 3.63) is 69.3 Å². The van der Waals surface area contributed by atoms with Crippen LogP contribution in [0.15, 0.2) is 42.5 Å². The van der Waals surface area contributed by atoms with Gasteiger partial charge in [-0.1, -0.05) is 0 Å². The largest absolute Gasteiger partial charge is 0.497 e. The van der Waals surface area contributed by atoms with Crippen LogP contribution in [0.2, 0.25) is 0 Å². The predicted molar refractivity (Wildman–Crippen MR) is 92.0 cm³/mol. The number of nitrogens with zero attached hydrogens (tertiary/aromatic N) is 1. The Labute approximate surface area is 153 Å². The molecule has 0 atom stereocenters. The summed E-state index contributed by atoms with van der Waals surface area (Å²) >= 11 is 0. The van der Waals surface area contributed by atoms with E-state index in [1.165, 1.54) is 19.2 Å². The molecule has 0 aliphatic carbocycles. The fourth-order valence-corrected chi connectivity index (χ4v) is 2.14. The van der Waals surface area contributed by atoms with Crippen molar-refractivity contribution >= 4 is 23.4 Å². The number of hydrogen-bond acceptors (Lipinski definition) is 8. The van der Waals surface area contributed by atoms with Gasteiger partial charge in [0, 0.05) is 17.7 Å². The Hall–Kier alpha value is -3.75. The summed E-state index contributed by atoms with van der Waals surface area (Å²) in [7, 11) is 2.59. The molecule has 0 unspecified atom stereocenters. The smallest absolute Gasteiger partial charge is 0.338 e. The number of ketones is 1. The van der Waals surface area contributed by atoms with Gasteiger partial charge in [-0.15, -0.1) is 0 Å². The summed E-state index contributed by atoms with van der Waals surface area (Å²) in [4.78, 5) is 46.1. The fraction of sp³-hybridized carbons (Fsp3) is 0.167. The molecule has 0 heterocycles. The number of Topliss-reactive ketones (excluding diaryl/α,β-unsaturated/α-hetero) is 1. The van der Waals surface area contributed by atoms with Crippen molar-refractivity contribution in [1.82, 2.24) is 0 Å². The van der Waals surface area contributed by atoms with E-state index in [1.807, 2.05) is 0 Å². The van der Waals surface area contributed by atoms with E-state index in [1.54, 1.807) is 12.1 Å². The molecule has 9 nitrogen and oxygen atoms in total. The van der Waals surface area contributed by atoms with Gasteiger partial charge in [-0.3, -0.25) is 14.9 Å². The summed E-state index contributed by atoms with van der Waals surface area (Å²) in [5.74, 6) is -1.73. The number of esters is 2. The normalized spacial score (nSPS) is 10.0. The average Bonchev–Trinajstić information content (AvgIpc) is 2.70. The lowest BCUT2D eigenvalue weighted by Crippen LogP contribution is -2.15. The van der Waals surface area contributed by atoms with Crippen molar-refractivity contribution in [1.29, 1.82) is 0 Å². The van der Waals surface area contributed by atoms with Gasteiger partial charge in [-0.2, -0.15) is 0 Å². The third-order valence-electron chi connectivity index (χ3n) is 3.53. The van der Waals surface area contributed by atoms with Crippen LogP contribution in [0.4, 0.5) is 5.69 Å². The SMILES string of the molecule is COC(=O)c1cc(C(=O)OCC(=O)c2ccc(OC)cc2)cc([N+](=O)[O-])c1. The summed E-state index contributed by atoms with van der Waals surface area (Å²) < 4.78 is 14.4. The van der Waals surface area contributed by atoms with Crippen molar-refractivity contribution in [2.45, 2.75) is 0 Å². The number of ether oxygens (including phenoxy) is 3. The first kappa shape index (κ1) is 19.6. The van der Waals surface area contributed by atoms with E-state index in [2.05, 4.69) is 4.74 Å². The van der Waals surface area contributed by atoms with Crippen LogP contribution in [-0.2, 0) is 9.47 Å². The van der Waals surface area contributed by atoms with Gasteiger partial charge in [0.25, 0.3) is 5.69 Å². The third-order valence-corrected chi connectivity index (χ3v) is 3.53. The van der Waals surface area contributed by atoms with E-state index in [-0.39, 0.29) is 11.1 Å². The highest BCUT2D eigenvalue weighted by Crippen LogP contribution is 2.19. The molecule has 0 N–H and O–H groups in total. The number of rotatable bonds is 7. The van der Waals surface area contributed by atoms with Crippen molar-refractivity contribution in [2.75, 3.05) is 20.8 Å². The Bertz CT molecular complexity index is 889. The number of nitro benzene ring substituents is 1. The molecule has 0 amide bonds. The van der Waals surface area contributed by atoms with Crippen molar-refractivity contribution in [3.8, 4) is 5.75 Å². The van der Waals surface area contributed by atoms with Crippen LogP contribution in [0.1, 0.15) is 31.1 Å². The molecule has 0 bridgehead atoms. The quantitative estimate of drug-likeness (QED) is 0.314. The van der Waals surface area contributed by atoms with Crippen LogP contribution < -0.4 is 4.74 Å². The Morgan fingerprint density at radius 3 is 2.04 bits per heavy atom.